The van der Waals surface area contributed by atoms with E-state index < -0.39 is 24.6 Å². The third kappa shape index (κ3) is 4.39. The molecule has 1 N–H and O–H groups in total. The highest BCUT2D eigenvalue weighted by atomic mass is 19.2. The number of esters is 1. The average Bonchev–Trinajstić information content (AvgIpc) is 2.55. The first kappa shape index (κ1) is 16.7. The van der Waals surface area contributed by atoms with Crippen molar-refractivity contribution < 1.29 is 23.0 Å². The Morgan fingerprint density at radius 1 is 1.13 bits per heavy atom. The van der Waals surface area contributed by atoms with Crippen LogP contribution in [0.15, 0.2) is 48.5 Å². The molecule has 0 saturated carbocycles. The van der Waals surface area contributed by atoms with Gasteiger partial charge in [-0.1, -0.05) is 30.3 Å². The molecular weight excluding hydrogens is 303 g/mol. The van der Waals surface area contributed by atoms with Crippen molar-refractivity contribution in [2.75, 3.05) is 12.4 Å². The maximum absolute atomic E-state index is 13.1. The lowest BCUT2D eigenvalue weighted by atomic mass is 9.83. The molecule has 4 nitrogen and oxygen atoms in total. The van der Waals surface area contributed by atoms with E-state index in [0.717, 1.165) is 11.6 Å². The van der Waals surface area contributed by atoms with Gasteiger partial charge in [0.15, 0.2) is 0 Å². The molecule has 1 amide bonds. The van der Waals surface area contributed by atoms with Crippen LogP contribution in [0.2, 0.25) is 0 Å². The molecule has 2 aromatic carbocycles. The van der Waals surface area contributed by atoms with Crippen molar-refractivity contribution in [2.45, 2.75) is 6.42 Å². The van der Waals surface area contributed by atoms with Crippen molar-refractivity contribution in [1.29, 1.82) is 0 Å². The van der Waals surface area contributed by atoms with Crippen molar-refractivity contribution in [3.63, 3.8) is 0 Å². The third-order valence-electron chi connectivity index (χ3n) is 3.19. The van der Waals surface area contributed by atoms with Crippen molar-refractivity contribution in [1.82, 2.24) is 0 Å². The lowest BCUT2D eigenvalue weighted by Crippen LogP contribution is -2.28. The molecule has 0 bridgehead atoms. The zero-order chi connectivity index (χ0) is 16.8. The Morgan fingerprint density at radius 3 is 2.43 bits per heavy atom. The summed E-state index contributed by atoms with van der Waals surface area (Å²) in [7, 11) is -1.66. The first-order chi connectivity index (χ1) is 11.0. The number of benzene rings is 2. The van der Waals surface area contributed by atoms with E-state index in [9.17, 15) is 18.2 Å². The second-order valence-electron chi connectivity index (χ2n) is 4.80. The molecule has 0 aliphatic heterocycles. The number of halogens is 2. The van der Waals surface area contributed by atoms with Gasteiger partial charge in [0.05, 0.1) is 19.1 Å². The van der Waals surface area contributed by atoms with Crippen molar-refractivity contribution in [3.05, 3.63) is 59.7 Å². The van der Waals surface area contributed by atoms with Crippen LogP contribution in [0.3, 0.4) is 0 Å². The van der Waals surface area contributed by atoms with E-state index in [-0.39, 0.29) is 17.7 Å². The molecule has 0 aliphatic rings. The summed E-state index contributed by atoms with van der Waals surface area (Å²) in [5.41, 5.74) is 0.335. The number of carbonyl (C=O) groups excluding carboxylic acids is 2. The van der Waals surface area contributed by atoms with Crippen LogP contribution in [0.1, 0.15) is 15.9 Å². The number of carbonyl (C=O) groups is 2. The molecule has 0 spiro atoms. The van der Waals surface area contributed by atoms with Gasteiger partial charge in [0.25, 0.3) is 0 Å². The molecule has 0 radical (unpaired) electrons. The number of nitrogens with one attached hydrogen (secondary N) is 1. The number of amides is 1. The fourth-order valence-corrected chi connectivity index (χ4v) is 2.08. The molecule has 0 fully saturated rings. The minimum atomic E-state index is -2.83. The largest absolute Gasteiger partial charge is 0.574 e. The van der Waals surface area contributed by atoms with Crippen molar-refractivity contribution in [3.8, 4) is 0 Å². The summed E-state index contributed by atoms with van der Waals surface area (Å²) in [5, 5.41) is 2.45. The fourth-order valence-electron chi connectivity index (χ4n) is 2.08. The summed E-state index contributed by atoms with van der Waals surface area (Å²) < 4.78 is 30.8. The van der Waals surface area contributed by atoms with Crippen LogP contribution in [-0.4, -0.2) is 26.3 Å². The normalized spacial score (nSPS) is 10.0. The van der Waals surface area contributed by atoms with Crippen LogP contribution in [0.25, 0.3) is 0 Å². The number of hydrogen-bond donors (Lipinski definition) is 1. The van der Waals surface area contributed by atoms with Gasteiger partial charge in [-0.3, -0.25) is 13.4 Å². The van der Waals surface area contributed by atoms with Gasteiger partial charge in [-0.2, -0.15) is 0 Å². The smallest absolute Gasteiger partial charge is 0.465 e. The fraction of sp³-hybridized carbons (Fsp3) is 0.125. The Morgan fingerprint density at radius 2 is 1.83 bits per heavy atom. The maximum Gasteiger partial charge on any atom is 0.574 e. The van der Waals surface area contributed by atoms with Gasteiger partial charge in [0, 0.05) is 11.2 Å². The first-order valence-electron chi connectivity index (χ1n) is 6.85. The number of hydrogen-bond acceptors (Lipinski definition) is 3. The van der Waals surface area contributed by atoms with Gasteiger partial charge in [0.1, 0.15) is 0 Å². The first-order valence-corrected chi connectivity index (χ1v) is 6.85. The lowest BCUT2D eigenvalue weighted by molar-refractivity contribution is -0.115. The summed E-state index contributed by atoms with van der Waals surface area (Å²) in [6.07, 6.45) is 0.0717. The van der Waals surface area contributed by atoms with Gasteiger partial charge in [0.2, 0.25) is 5.91 Å². The predicted molar refractivity (Wildman–Crippen MR) is 84.2 cm³/mol. The third-order valence-corrected chi connectivity index (χ3v) is 3.19. The summed E-state index contributed by atoms with van der Waals surface area (Å²) >= 11 is 0. The van der Waals surface area contributed by atoms with E-state index in [1.807, 2.05) is 6.07 Å². The molecule has 23 heavy (non-hydrogen) atoms. The van der Waals surface area contributed by atoms with Gasteiger partial charge >= 0.3 is 13.2 Å². The lowest BCUT2D eigenvalue weighted by Gasteiger charge is -2.11. The number of rotatable bonds is 5. The molecular formula is C16H14BF2NO3. The molecule has 0 aromatic heterocycles. The van der Waals surface area contributed by atoms with Crippen molar-refractivity contribution in [2.24, 2.45) is 0 Å². The van der Waals surface area contributed by atoms with E-state index in [1.165, 1.54) is 19.2 Å². The molecule has 0 aliphatic carbocycles. The summed E-state index contributed by atoms with van der Waals surface area (Å²) in [5.74, 6) is -1.13. The average molecular weight is 317 g/mol. The monoisotopic (exact) mass is 317 g/mol. The molecule has 0 atom stereocenters. The van der Waals surface area contributed by atoms with E-state index in [1.54, 1.807) is 24.3 Å². The topological polar surface area (TPSA) is 55.4 Å². The Bertz CT molecular complexity index is 708. The zero-order valence-corrected chi connectivity index (χ0v) is 12.4. The summed E-state index contributed by atoms with van der Waals surface area (Å²) in [6.45, 7) is 0. The molecule has 0 saturated heterocycles. The Balaban J connectivity index is 2.18. The van der Waals surface area contributed by atoms with Crippen molar-refractivity contribution >= 4 is 30.3 Å². The second-order valence-corrected chi connectivity index (χ2v) is 4.80. The highest BCUT2D eigenvalue weighted by Gasteiger charge is 2.23. The van der Waals surface area contributed by atoms with Gasteiger partial charge < -0.3 is 10.1 Å². The van der Waals surface area contributed by atoms with Crippen LogP contribution in [-0.2, 0) is 16.0 Å². The molecule has 0 unspecified atom stereocenters. The zero-order valence-electron chi connectivity index (χ0n) is 12.4. The second kappa shape index (κ2) is 7.53. The molecule has 2 rings (SSSR count). The molecule has 118 valence electrons. The van der Waals surface area contributed by atoms with E-state index in [0.29, 0.717) is 0 Å². The minimum Gasteiger partial charge on any atom is -0.465 e. The van der Waals surface area contributed by atoms with E-state index in [4.69, 9.17) is 0 Å². The van der Waals surface area contributed by atoms with Gasteiger partial charge in [-0.15, -0.1) is 0 Å². The predicted octanol–water partition coefficient (Wildman–Crippen LogP) is 2.29. The Kier molecular flexibility index (Phi) is 5.46. The van der Waals surface area contributed by atoms with Crippen LogP contribution in [0.5, 0.6) is 0 Å². The molecule has 2 aromatic rings. The Hall–Kier alpha value is -2.70. The number of ether oxygens (including phenoxy) is 1. The van der Waals surface area contributed by atoms with Gasteiger partial charge in [-0.25, -0.2) is 4.79 Å². The quantitative estimate of drug-likeness (QED) is 0.680. The van der Waals surface area contributed by atoms with Crippen LogP contribution >= 0.6 is 0 Å². The molecule has 0 heterocycles. The van der Waals surface area contributed by atoms with Crippen LogP contribution < -0.4 is 10.8 Å². The Labute approximate surface area is 132 Å². The maximum atomic E-state index is 13.1. The SMILES string of the molecule is COC(=O)c1ccc(NC(=O)Cc2ccccc2)c(B(F)F)c1. The van der Waals surface area contributed by atoms with E-state index in [2.05, 4.69) is 10.1 Å². The highest BCUT2D eigenvalue weighted by Crippen LogP contribution is 2.12. The van der Waals surface area contributed by atoms with Crippen LogP contribution in [0, 0.1) is 0 Å². The minimum absolute atomic E-state index is 0.00357. The van der Waals surface area contributed by atoms with Crippen LogP contribution in [0.4, 0.5) is 14.3 Å². The summed E-state index contributed by atoms with van der Waals surface area (Å²) in [4.78, 5) is 23.4. The number of anilines is 1. The highest BCUT2D eigenvalue weighted by molar-refractivity contribution is 6.62. The summed E-state index contributed by atoms with van der Waals surface area (Å²) in [6, 6.07) is 12.6. The van der Waals surface area contributed by atoms with E-state index >= 15 is 0 Å². The molecule has 7 heteroatoms. The van der Waals surface area contributed by atoms with Gasteiger partial charge in [-0.05, 0) is 23.8 Å². The number of methoxy groups -OCH3 is 1. The standard InChI is InChI=1S/C16H14BF2NO3/c1-23-16(22)12-7-8-14(13(10-12)17(18)19)20-15(21)9-11-5-3-2-4-6-11/h2-8,10H,9H2,1H3,(H,20,21).